The number of rotatable bonds is 8. The van der Waals surface area contributed by atoms with Crippen LogP contribution in [0.3, 0.4) is 0 Å². The van der Waals surface area contributed by atoms with E-state index in [1.165, 1.54) is 12.0 Å². The molecule has 1 aliphatic heterocycles. The number of hydrogen-bond donors (Lipinski definition) is 1. The molecule has 0 radical (unpaired) electrons. The second-order valence-electron chi connectivity index (χ2n) is 7.74. The molecule has 1 amide bonds. The fraction of sp³-hybridized carbons (Fsp3) is 0.280. The molecular weight excluding hydrogens is 410 g/mol. The summed E-state index contributed by atoms with van der Waals surface area (Å²) in [6.07, 6.45) is 0.571. The number of hydrogen-bond acceptors (Lipinski definition) is 6. The molecule has 2 aromatic carbocycles. The predicted octanol–water partition coefficient (Wildman–Crippen LogP) is 4.36. The highest BCUT2D eigenvalue weighted by Gasteiger charge is 2.44. The van der Waals surface area contributed by atoms with Crippen LogP contribution in [0.2, 0.25) is 0 Å². The number of aliphatic hydroxyl groups is 1. The normalized spacial score (nSPS) is 16.3. The molecule has 1 aliphatic rings. The second-order valence-corrected chi connectivity index (χ2v) is 7.74. The SMILES string of the molecule is COCCCN1C(=O)C(O)=C(C(=O)c2cc3cccc(OC)c3o2)C1c1cccc(C)c1. The average Bonchev–Trinajstić information content (AvgIpc) is 3.33. The number of furan rings is 1. The first-order valence-corrected chi connectivity index (χ1v) is 10.4. The van der Waals surface area contributed by atoms with Gasteiger partial charge >= 0.3 is 0 Å². The van der Waals surface area contributed by atoms with Gasteiger partial charge in [-0.25, -0.2) is 0 Å². The number of fused-ring (bicyclic) bond motifs is 1. The summed E-state index contributed by atoms with van der Waals surface area (Å²) in [6, 6.07) is 13.8. The van der Waals surface area contributed by atoms with E-state index < -0.39 is 23.5 Å². The molecule has 0 aliphatic carbocycles. The number of benzene rings is 2. The van der Waals surface area contributed by atoms with Crippen LogP contribution in [0.15, 0.2) is 64.3 Å². The first kappa shape index (κ1) is 21.6. The van der Waals surface area contributed by atoms with Gasteiger partial charge in [-0.3, -0.25) is 9.59 Å². The monoisotopic (exact) mass is 435 g/mol. The standard InChI is InChI=1S/C25H25NO6/c1-15-7-4-8-16(13-15)21-20(23(28)25(29)26(21)11-6-12-30-2)22(27)19-14-17-9-5-10-18(31-3)24(17)32-19/h4-5,7-10,13-14,21,28H,6,11-12H2,1-3H3. The van der Waals surface area contributed by atoms with Gasteiger partial charge < -0.3 is 23.9 Å². The van der Waals surface area contributed by atoms with Crippen LogP contribution in [0.25, 0.3) is 11.0 Å². The van der Waals surface area contributed by atoms with Crippen molar-refractivity contribution in [3.63, 3.8) is 0 Å². The number of ether oxygens (including phenoxy) is 2. The Balaban J connectivity index is 1.79. The van der Waals surface area contributed by atoms with Crippen LogP contribution in [-0.2, 0) is 9.53 Å². The van der Waals surface area contributed by atoms with Gasteiger partial charge in [0.15, 0.2) is 22.9 Å². The van der Waals surface area contributed by atoms with E-state index in [1.807, 2.05) is 31.2 Å². The number of methoxy groups -OCH3 is 2. The van der Waals surface area contributed by atoms with E-state index in [1.54, 1.807) is 31.4 Å². The lowest BCUT2D eigenvalue weighted by Gasteiger charge is -2.26. The fourth-order valence-electron chi connectivity index (χ4n) is 4.12. The summed E-state index contributed by atoms with van der Waals surface area (Å²) in [5, 5.41) is 11.5. The van der Waals surface area contributed by atoms with Crippen molar-refractivity contribution in [2.75, 3.05) is 27.4 Å². The van der Waals surface area contributed by atoms with Crippen LogP contribution in [-0.4, -0.2) is 49.1 Å². The molecule has 0 fully saturated rings. The molecule has 4 rings (SSSR count). The Kier molecular flexibility index (Phi) is 6.01. The van der Waals surface area contributed by atoms with E-state index in [4.69, 9.17) is 13.9 Å². The maximum Gasteiger partial charge on any atom is 0.290 e. The number of ketones is 1. The van der Waals surface area contributed by atoms with Crippen LogP contribution in [0, 0.1) is 6.92 Å². The third kappa shape index (κ3) is 3.76. The Morgan fingerprint density at radius 2 is 1.94 bits per heavy atom. The smallest absolute Gasteiger partial charge is 0.290 e. The summed E-state index contributed by atoms with van der Waals surface area (Å²) in [4.78, 5) is 28.0. The molecule has 3 aromatic rings. The van der Waals surface area contributed by atoms with Crippen molar-refractivity contribution in [3.05, 3.63) is 76.8 Å². The van der Waals surface area contributed by atoms with Gasteiger partial charge in [-0.05, 0) is 31.0 Å². The molecule has 1 aromatic heterocycles. The van der Waals surface area contributed by atoms with Gasteiger partial charge in [-0.1, -0.05) is 42.0 Å². The maximum atomic E-state index is 13.6. The summed E-state index contributed by atoms with van der Waals surface area (Å²) in [6.45, 7) is 2.73. The first-order valence-electron chi connectivity index (χ1n) is 10.4. The Bertz CT molecular complexity index is 1210. The number of Topliss-reactive ketones (excluding diaryl/α,β-unsaturated/α-hetero) is 1. The molecule has 166 valence electrons. The third-order valence-electron chi connectivity index (χ3n) is 5.61. The van der Waals surface area contributed by atoms with Gasteiger partial charge in [0.05, 0.1) is 18.7 Å². The largest absolute Gasteiger partial charge is 0.503 e. The van der Waals surface area contributed by atoms with Crippen molar-refractivity contribution in [1.82, 2.24) is 4.90 Å². The summed E-state index contributed by atoms with van der Waals surface area (Å²) in [5.74, 6) is -1.13. The topological polar surface area (TPSA) is 89.2 Å². The maximum absolute atomic E-state index is 13.6. The summed E-state index contributed by atoms with van der Waals surface area (Å²) in [5.41, 5.74) is 2.18. The van der Waals surface area contributed by atoms with Gasteiger partial charge in [0.2, 0.25) is 5.78 Å². The van der Waals surface area contributed by atoms with E-state index in [0.717, 1.165) is 11.1 Å². The molecule has 2 heterocycles. The number of aryl methyl sites for hydroxylation is 1. The van der Waals surface area contributed by atoms with Crippen molar-refractivity contribution in [3.8, 4) is 5.75 Å². The van der Waals surface area contributed by atoms with E-state index in [0.29, 0.717) is 36.3 Å². The molecule has 1 unspecified atom stereocenters. The zero-order valence-corrected chi connectivity index (χ0v) is 18.3. The number of amides is 1. The van der Waals surface area contributed by atoms with Crippen molar-refractivity contribution in [1.29, 1.82) is 0 Å². The van der Waals surface area contributed by atoms with Crippen LogP contribution in [0.1, 0.15) is 34.1 Å². The van der Waals surface area contributed by atoms with Crippen LogP contribution in [0.5, 0.6) is 5.75 Å². The van der Waals surface area contributed by atoms with Crippen LogP contribution < -0.4 is 4.74 Å². The molecule has 1 atom stereocenters. The highest BCUT2D eigenvalue weighted by atomic mass is 16.5. The molecule has 1 N–H and O–H groups in total. The molecule has 0 spiro atoms. The molecule has 0 saturated heterocycles. The van der Waals surface area contributed by atoms with Gasteiger partial charge in [0.25, 0.3) is 5.91 Å². The Labute approximate surface area is 185 Å². The van der Waals surface area contributed by atoms with Gasteiger partial charge in [-0.15, -0.1) is 0 Å². The molecule has 0 bridgehead atoms. The minimum absolute atomic E-state index is 0.0102. The van der Waals surface area contributed by atoms with E-state index >= 15 is 0 Å². The zero-order chi connectivity index (χ0) is 22.8. The van der Waals surface area contributed by atoms with Gasteiger partial charge in [0.1, 0.15) is 0 Å². The lowest BCUT2D eigenvalue weighted by Crippen LogP contribution is -2.32. The second kappa shape index (κ2) is 8.88. The summed E-state index contributed by atoms with van der Waals surface area (Å²) >= 11 is 0. The summed E-state index contributed by atoms with van der Waals surface area (Å²) in [7, 11) is 3.11. The number of carbonyl (C=O) groups is 2. The van der Waals surface area contributed by atoms with E-state index in [-0.39, 0.29) is 11.3 Å². The zero-order valence-electron chi connectivity index (χ0n) is 18.3. The fourth-order valence-corrected chi connectivity index (χ4v) is 4.12. The molecule has 0 saturated carbocycles. The lowest BCUT2D eigenvalue weighted by molar-refractivity contribution is -0.129. The van der Waals surface area contributed by atoms with E-state index in [2.05, 4.69) is 0 Å². The number of nitrogens with zero attached hydrogens (tertiary/aromatic N) is 1. The molecule has 7 nitrogen and oxygen atoms in total. The number of carbonyl (C=O) groups excluding carboxylic acids is 2. The van der Waals surface area contributed by atoms with E-state index in [9.17, 15) is 14.7 Å². The van der Waals surface area contributed by atoms with Crippen molar-refractivity contribution in [2.45, 2.75) is 19.4 Å². The highest BCUT2D eigenvalue weighted by molar-refractivity contribution is 6.16. The minimum atomic E-state index is -0.720. The quantitative estimate of drug-likeness (QED) is 0.418. The Morgan fingerprint density at radius 3 is 2.66 bits per heavy atom. The van der Waals surface area contributed by atoms with Crippen molar-refractivity contribution >= 4 is 22.7 Å². The van der Waals surface area contributed by atoms with Crippen molar-refractivity contribution in [2.24, 2.45) is 0 Å². The minimum Gasteiger partial charge on any atom is -0.503 e. The van der Waals surface area contributed by atoms with Crippen LogP contribution >= 0.6 is 0 Å². The third-order valence-corrected chi connectivity index (χ3v) is 5.61. The number of para-hydroxylation sites is 1. The van der Waals surface area contributed by atoms with Crippen molar-refractivity contribution < 1.29 is 28.6 Å². The van der Waals surface area contributed by atoms with Gasteiger partial charge in [-0.2, -0.15) is 0 Å². The molecule has 7 heteroatoms. The Morgan fingerprint density at radius 1 is 1.16 bits per heavy atom. The predicted molar refractivity (Wildman–Crippen MR) is 119 cm³/mol. The summed E-state index contributed by atoms with van der Waals surface area (Å²) < 4.78 is 16.3. The van der Waals surface area contributed by atoms with Crippen LogP contribution in [0.4, 0.5) is 0 Å². The number of aliphatic hydroxyl groups excluding tert-OH is 1. The average molecular weight is 435 g/mol. The molecule has 32 heavy (non-hydrogen) atoms. The Hall–Kier alpha value is -3.58. The molecular formula is C25H25NO6. The highest BCUT2D eigenvalue weighted by Crippen LogP contribution is 2.40. The first-order chi connectivity index (χ1) is 15.5. The van der Waals surface area contributed by atoms with Gasteiger partial charge in [0, 0.05) is 25.6 Å². The lowest BCUT2D eigenvalue weighted by atomic mass is 9.94.